The van der Waals surface area contributed by atoms with E-state index in [0.29, 0.717) is 6.42 Å². The Bertz CT molecular complexity index is 525. The Balaban J connectivity index is 3.36. The van der Waals surface area contributed by atoms with Crippen LogP contribution in [0.2, 0.25) is 0 Å². The molecule has 0 spiro atoms. The van der Waals surface area contributed by atoms with Crippen LogP contribution < -0.4 is 5.32 Å². The van der Waals surface area contributed by atoms with Crippen LogP contribution in [0.3, 0.4) is 0 Å². The summed E-state index contributed by atoms with van der Waals surface area (Å²) in [5, 5.41) is 3.02. The Morgan fingerprint density at radius 1 is 0.700 bits per heavy atom. The number of carbonyl (C=O) groups is 1. The molecule has 0 bridgehead atoms. The van der Waals surface area contributed by atoms with E-state index in [0.717, 1.165) is 49.7 Å². The molecule has 0 fully saturated rings. The number of nitrogens with zero attached hydrogens (tertiary/aromatic N) is 1. The lowest BCUT2D eigenvalue weighted by molar-refractivity contribution is -0.869. The van der Waals surface area contributed by atoms with Gasteiger partial charge in [-0.25, -0.2) is 0 Å². The van der Waals surface area contributed by atoms with Gasteiger partial charge in [-0.1, -0.05) is 83.0 Å². The summed E-state index contributed by atoms with van der Waals surface area (Å²) in [5.41, 5.74) is 0. The zero-order chi connectivity index (χ0) is 22.3. The minimum Gasteiger partial charge on any atom is -0.350 e. The maximum absolute atomic E-state index is 11.8. The Morgan fingerprint density at radius 2 is 1.17 bits per heavy atom. The number of quaternary nitrogens is 1. The Kier molecular flexibility index (Phi) is 19.8. The highest BCUT2D eigenvalue weighted by atomic mass is 16.1. The maximum Gasteiger partial charge on any atom is 0.220 e. The fourth-order valence-electron chi connectivity index (χ4n) is 3.21. The normalized spacial score (nSPS) is 10.7. The van der Waals surface area contributed by atoms with Gasteiger partial charge in [0.25, 0.3) is 0 Å². The minimum atomic E-state index is 0.201. The molecule has 0 rings (SSSR count). The van der Waals surface area contributed by atoms with E-state index in [9.17, 15) is 4.79 Å². The molecule has 0 radical (unpaired) electrons. The quantitative estimate of drug-likeness (QED) is 0.163. The zero-order valence-electron chi connectivity index (χ0n) is 20.6. The van der Waals surface area contributed by atoms with Crippen LogP contribution in [0.5, 0.6) is 0 Å². The van der Waals surface area contributed by atoms with Gasteiger partial charge in [-0.05, 0) is 31.1 Å². The smallest absolute Gasteiger partial charge is 0.220 e. The molecule has 0 saturated carbocycles. The molecule has 0 unspecified atom stereocenters. The maximum atomic E-state index is 11.8. The monoisotopic (exact) mass is 417 g/mol. The zero-order valence-corrected chi connectivity index (χ0v) is 20.6. The van der Waals surface area contributed by atoms with Gasteiger partial charge in [0.15, 0.2) is 0 Å². The second-order valence-electron chi connectivity index (χ2n) is 9.46. The summed E-state index contributed by atoms with van der Waals surface area (Å²) in [7, 11) is 6.43. The summed E-state index contributed by atoms with van der Waals surface area (Å²) in [6.07, 6.45) is 19.0. The summed E-state index contributed by atoms with van der Waals surface area (Å²) in [6.45, 7) is 4.00. The third kappa shape index (κ3) is 24.6. The Labute approximate surface area is 188 Å². The van der Waals surface area contributed by atoms with Gasteiger partial charge in [0.05, 0.1) is 34.2 Å². The van der Waals surface area contributed by atoms with E-state index in [1.54, 1.807) is 0 Å². The first-order valence-electron chi connectivity index (χ1n) is 12.5. The molecule has 0 heterocycles. The average Bonchev–Trinajstić information content (AvgIpc) is 2.68. The highest BCUT2D eigenvalue weighted by Gasteiger charge is 2.07. The van der Waals surface area contributed by atoms with Crippen molar-refractivity contribution in [1.82, 2.24) is 5.32 Å². The lowest BCUT2D eigenvalue weighted by atomic mass is 10.1. The van der Waals surface area contributed by atoms with Crippen molar-refractivity contribution in [3.63, 3.8) is 0 Å². The van der Waals surface area contributed by atoms with Gasteiger partial charge in [-0.2, -0.15) is 0 Å². The molecular weight excluding hydrogens is 368 g/mol. The lowest BCUT2D eigenvalue weighted by Gasteiger charge is -2.23. The van der Waals surface area contributed by atoms with Gasteiger partial charge >= 0.3 is 0 Å². The van der Waals surface area contributed by atoms with Gasteiger partial charge in [-0.15, -0.1) is 0 Å². The fraction of sp³-hybridized carbons (Fsp3) is 0.815. The molecule has 0 saturated heterocycles. The van der Waals surface area contributed by atoms with Crippen LogP contribution in [0.1, 0.15) is 110 Å². The van der Waals surface area contributed by atoms with E-state index in [-0.39, 0.29) is 5.91 Å². The van der Waals surface area contributed by atoms with E-state index in [1.807, 2.05) is 0 Å². The third-order valence-electron chi connectivity index (χ3n) is 5.21. The van der Waals surface area contributed by atoms with Crippen LogP contribution in [0, 0.1) is 23.7 Å². The number of nitrogens with one attached hydrogen (secondary N) is 1. The van der Waals surface area contributed by atoms with Gasteiger partial charge < -0.3 is 9.80 Å². The minimum absolute atomic E-state index is 0.201. The van der Waals surface area contributed by atoms with Crippen LogP contribution in [0.4, 0.5) is 0 Å². The van der Waals surface area contributed by atoms with Gasteiger partial charge in [0, 0.05) is 19.3 Å². The van der Waals surface area contributed by atoms with E-state index < -0.39 is 0 Å². The summed E-state index contributed by atoms with van der Waals surface area (Å²) < 4.78 is 0.885. The van der Waals surface area contributed by atoms with Crippen molar-refractivity contribution < 1.29 is 9.28 Å². The van der Waals surface area contributed by atoms with Crippen molar-refractivity contribution in [1.29, 1.82) is 0 Å². The molecule has 0 aliphatic carbocycles. The third-order valence-corrected chi connectivity index (χ3v) is 5.21. The SMILES string of the molecule is CCCCCCCCCC#CC#CCCCCCCCCC(=O)NCC[N+](C)(C)C. The van der Waals surface area contributed by atoms with Crippen molar-refractivity contribution in [2.24, 2.45) is 0 Å². The van der Waals surface area contributed by atoms with Gasteiger partial charge in [0.1, 0.15) is 0 Å². The molecule has 0 aliphatic rings. The van der Waals surface area contributed by atoms with Crippen molar-refractivity contribution in [3.05, 3.63) is 0 Å². The summed E-state index contributed by atoms with van der Waals surface area (Å²) in [4.78, 5) is 11.8. The largest absolute Gasteiger partial charge is 0.350 e. The average molecular weight is 418 g/mol. The topological polar surface area (TPSA) is 29.1 Å². The number of amides is 1. The number of hydrogen-bond acceptors (Lipinski definition) is 1. The van der Waals surface area contributed by atoms with E-state index in [4.69, 9.17) is 0 Å². The van der Waals surface area contributed by atoms with Crippen LogP contribution >= 0.6 is 0 Å². The summed E-state index contributed by atoms with van der Waals surface area (Å²) in [6, 6.07) is 0. The van der Waals surface area contributed by atoms with Crippen LogP contribution in [-0.2, 0) is 4.79 Å². The molecule has 0 aromatic carbocycles. The van der Waals surface area contributed by atoms with Crippen LogP contribution in [0.15, 0.2) is 0 Å². The predicted octanol–water partition coefficient (Wildman–Crippen LogP) is 6.08. The van der Waals surface area contributed by atoms with Gasteiger partial charge in [0.2, 0.25) is 5.91 Å². The number of likely N-dealkylation sites (N-methyl/N-ethyl adjacent to an activating group) is 1. The van der Waals surface area contributed by atoms with E-state index in [1.165, 1.54) is 64.2 Å². The predicted molar refractivity (Wildman–Crippen MR) is 131 cm³/mol. The number of unbranched alkanes of at least 4 members (excludes halogenated alkanes) is 13. The van der Waals surface area contributed by atoms with Gasteiger partial charge in [-0.3, -0.25) is 4.79 Å². The second-order valence-corrected chi connectivity index (χ2v) is 9.46. The number of hydrogen-bond donors (Lipinski definition) is 1. The Hall–Kier alpha value is -1.45. The molecule has 0 aliphatic heterocycles. The van der Waals surface area contributed by atoms with E-state index in [2.05, 4.69) is 57.1 Å². The molecule has 0 atom stereocenters. The first-order chi connectivity index (χ1) is 14.5. The molecule has 30 heavy (non-hydrogen) atoms. The molecule has 1 N–H and O–H groups in total. The highest BCUT2D eigenvalue weighted by Crippen LogP contribution is 2.09. The molecule has 1 amide bonds. The summed E-state index contributed by atoms with van der Waals surface area (Å²) in [5.74, 6) is 12.6. The van der Waals surface area contributed by atoms with Crippen molar-refractivity contribution >= 4 is 5.91 Å². The van der Waals surface area contributed by atoms with Crippen molar-refractivity contribution in [3.8, 4) is 23.7 Å². The first kappa shape index (κ1) is 28.5. The highest BCUT2D eigenvalue weighted by molar-refractivity contribution is 5.75. The molecule has 172 valence electrons. The van der Waals surface area contributed by atoms with Crippen molar-refractivity contribution in [2.75, 3.05) is 34.2 Å². The number of carbonyl (C=O) groups excluding carboxylic acids is 1. The molecule has 3 nitrogen and oxygen atoms in total. The van der Waals surface area contributed by atoms with Crippen LogP contribution in [0.25, 0.3) is 0 Å². The fourth-order valence-corrected chi connectivity index (χ4v) is 3.21. The standard InChI is InChI=1S/C27H48N2O/c1-5-6-7-8-9-10-11-12-13-14-15-16-17-18-19-20-21-22-23-24-27(30)28-25-26-29(2,3)4/h5-12,17-26H2,1-4H3/p+1. The lowest BCUT2D eigenvalue weighted by Crippen LogP contribution is -2.41. The van der Waals surface area contributed by atoms with Crippen LogP contribution in [-0.4, -0.2) is 44.6 Å². The van der Waals surface area contributed by atoms with Crippen molar-refractivity contribution in [2.45, 2.75) is 110 Å². The molecule has 0 aromatic rings. The number of rotatable bonds is 18. The summed E-state index contributed by atoms with van der Waals surface area (Å²) >= 11 is 0. The second kappa shape index (κ2) is 20.8. The first-order valence-corrected chi connectivity index (χ1v) is 12.5. The Morgan fingerprint density at radius 3 is 1.67 bits per heavy atom. The molecular formula is C27H49N2O+. The van der Waals surface area contributed by atoms with E-state index >= 15 is 0 Å². The molecule has 3 heteroatoms. The molecule has 0 aromatic heterocycles.